The van der Waals surface area contributed by atoms with Crippen LogP contribution in [0.3, 0.4) is 0 Å². The molecule has 0 heterocycles. The lowest BCUT2D eigenvalue weighted by Crippen LogP contribution is -2.23. The van der Waals surface area contributed by atoms with E-state index in [0.717, 1.165) is 12.1 Å². The Labute approximate surface area is 150 Å². The van der Waals surface area contributed by atoms with Crippen molar-refractivity contribution in [2.45, 2.75) is 19.5 Å². The molecule has 0 fully saturated rings. The third-order valence-corrected chi connectivity index (χ3v) is 4.24. The number of hydrogen-bond acceptors (Lipinski definition) is 1. The molecular formula is C24H23N. The van der Waals surface area contributed by atoms with Crippen molar-refractivity contribution in [1.82, 2.24) is 4.90 Å². The predicted molar refractivity (Wildman–Crippen MR) is 105 cm³/mol. The molecule has 0 spiro atoms. The molecule has 0 bridgehead atoms. The van der Waals surface area contributed by atoms with E-state index in [9.17, 15) is 0 Å². The van der Waals surface area contributed by atoms with Gasteiger partial charge in [0, 0.05) is 12.1 Å². The van der Waals surface area contributed by atoms with Gasteiger partial charge in [-0.1, -0.05) is 90.2 Å². The Hall–Kier alpha value is -2.82. The predicted octanol–water partition coefficient (Wildman–Crippen LogP) is 5.22. The first kappa shape index (κ1) is 17.0. The number of aryl methyl sites for hydroxylation is 1. The Morgan fingerprint density at radius 1 is 0.800 bits per heavy atom. The third kappa shape index (κ3) is 4.83. The van der Waals surface area contributed by atoms with Crippen LogP contribution in [0, 0.1) is 18.8 Å². The minimum Gasteiger partial charge on any atom is -0.285 e. The zero-order valence-electron chi connectivity index (χ0n) is 14.8. The summed E-state index contributed by atoms with van der Waals surface area (Å²) in [7, 11) is 2.13. The van der Waals surface area contributed by atoms with E-state index in [1.54, 1.807) is 0 Å². The Morgan fingerprint density at radius 3 is 2.04 bits per heavy atom. The van der Waals surface area contributed by atoms with E-state index >= 15 is 0 Å². The van der Waals surface area contributed by atoms with Crippen LogP contribution in [0.2, 0.25) is 0 Å². The van der Waals surface area contributed by atoms with Crippen LogP contribution in [0.5, 0.6) is 0 Å². The minimum absolute atomic E-state index is 0.0581. The van der Waals surface area contributed by atoms with Gasteiger partial charge in [-0.25, -0.2) is 0 Å². The van der Waals surface area contributed by atoms with Crippen molar-refractivity contribution in [2.24, 2.45) is 0 Å². The second kappa shape index (κ2) is 8.33. The van der Waals surface area contributed by atoms with Crippen LogP contribution in [0.15, 0.2) is 84.9 Å². The lowest BCUT2D eigenvalue weighted by Gasteiger charge is -2.24. The molecule has 3 aromatic carbocycles. The van der Waals surface area contributed by atoms with Crippen molar-refractivity contribution < 1.29 is 0 Å². The summed E-state index contributed by atoms with van der Waals surface area (Å²) < 4.78 is 0. The van der Waals surface area contributed by atoms with Crippen molar-refractivity contribution in [3.05, 3.63) is 107 Å². The van der Waals surface area contributed by atoms with E-state index in [1.165, 1.54) is 16.7 Å². The molecule has 0 aromatic heterocycles. The first-order valence-electron chi connectivity index (χ1n) is 8.60. The summed E-state index contributed by atoms with van der Waals surface area (Å²) in [6.45, 7) is 2.96. The highest BCUT2D eigenvalue weighted by Crippen LogP contribution is 2.20. The molecule has 1 unspecified atom stereocenters. The van der Waals surface area contributed by atoms with Crippen molar-refractivity contribution >= 4 is 0 Å². The van der Waals surface area contributed by atoms with Crippen molar-refractivity contribution in [3.63, 3.8) is 0 Å². The molecule has 0 aliphatic rings. The SMILES string of the molecule is Cc1ccc(C#CC(c2ccccc2)N(C)Cc2ccccc2)cc1. The smallest absolute Gasteiger partial charge is 0.0975 e. The Morgan fingerprint density at radius 2 is 1.40 bits per heavy atom. The molecule has 0 N–H and O–H groups in total. The fourth-order valence-electron chi connectivity index (χ4n) is 2.83. The van der Waals surface area contributed by atoms with Crippen LogP contribution < -0.4 is 0 Å². The molecule has 0 amide bonds. The molecule has 0 aliphatic heterocycles. The maximum absolute atomic E-state index is 3.47. The lowest BCUT2D eigenvalue weighted by molar-refractivity contribution is 0.285. The molecule has 3 aromatic rings. The van der Waals surface area contributed by atoms with Gasteiger partial charge < -0.3 is 0 Å². The largest absolute Gasteiger partial charge is 0.285 e. The average molecular weight is 325 g/mol. The summed E-state index contributed by atoms with van der Waals surface area (Å²) in [5, 5.41) is 0. The summed E-state index contributed by atoms with van der Waals surface area (Å²) in [6, 6.07) is 29.5. The molecule has 1 heteroatoms. The molecule has 25 heavy (non-hydrogen) atoms. The van der Waals surface area contributed by atoms with E-state index in [2.05, 4.69) is 110 Å². The van der Waals surface area contributed by atoms with Gasteiger partial charge in [-0.05, 0) is 37.2 Å². The van der Waals surface area contributed by atoms with Gasteiger partial charge in [0.2, 0.25) is 0 Å². The first-order chi connectivity index (χ1) is 12.2. The molecule has 0 aliphatic carbocycles. The Kier molecular flexibility index (Phi) is 5.67. The molecule has 124 valence electrons. The monoisotopic (exact) mass is 325 g/mol. The molecular weight excluding hydrogens is 302 g/mol. The average Bonchev–Trinajstić information content (AvgIpc) is 2.65. The van der Waals surface area contributed by atoms with E-state index in [-0.39, 0.29) is 6.04 Å². The minimum atomic E-state index is 0.0581. The molecule has 0 radical (unpaired) electrons. The van der Waals surface area contributed by atoms with Gasteiger partial charge in [0.05, 0.1) is 6.04 Å². The van der Waals surface area contributed by atoms with Crippen LogP contribution in [-0.2, 0) is 6.54 Å². The Balaban J connectivity index is 1.86. The van der Waals surface area contributed by atoms with E-state index in [4.69, 9.17) is 0 Å². The second-order valence-corrected chi connectivity index (χ2v) is 6.35. The van der Waals surface area contributed by atoms with Crippen molar-refractivity contribution in [1.29, 1.82) is 0 Å². The lowest BCUT2D eigenvalue weighted by atomic mass is 10.0. The number of nitrogens with zero attached hydrogens (tertiary/aromatic N) is 1. The molecule has 3 rings (SSSR count). The number of hydrogen-bond donors (Lipinski definition) is 0. The summed E-state index contributed by atoms with van der Waals surface area (Å²) in [4.78, 5) is 2.30. The highest BCUT2D eigenvalue weighted by Gasteiger charge is 2.14. The zero-order chi connectivity index (χ0) is 17.5. The first-order valence-corrected chi connectivity index (χ1v) is 8.60. The van der Waals surface area contributed by atoms with Crippen LogP contribution in [0.4, 0.5) is 0 Å². The topological polar surface area (TPSA) is 3.24 Å². The fraction of sp³-hybridized carbons (Fsp3) is 0.167. The molecule has 0 saturated carbocycles. The maximum Gasteiger partial charge on any atom is 0.0975 e. The molecule has 1 nitrogen and oxygen atoms in total. The van der Waals surface area contributed by atoms with E-state index in [0.29, 0.717) is 0 Å². The van der Waals surface area contributed by atoms with Crippen molar-refractivity contribution in [3.8, 4) is 11.8 Å². The van der Waals surface area contributed by atoms with E-state index < -0.39 is 0 Å². The fourth-order valence-corrected chi connectivity index (χ4v) is 2.83. The third-order valence-electron chi connectivity index (χ3n) is 4.24. The van der Waals surface area contributed by atoms with Gasteiger partial charge in [0.1, 0.15) is 0 Å². The number of rotatable bonds is 4. The van der Waals surface area contributed by atoms with Gasteiger partial charge in [-0.15, -0.1) is 0 Å². The second-order valence-electron chi connectivity index (χ2n) is 6.35. The van der Waals surface area contributed by atoms with Crippen LogP contribution in [0.25, 0.3) is 0 Å². The quantitative estimate of drug-likeness (QED) is 0.594. The van der Waals surface area contributed by atoms with Crippen molar-refractivity contribution in [2.75, 3.05) is 7.05 Å². The summed E-state index contributed by atoms with van der Waals surface area (Å²) in [5.74, 6) is 6.81. The molecule has 1 atom stereocenters. The summed E-state index contributed by atoms with van der Waals surface area (Å²) >= 11 is 0. The van der Waals surface area contributed by atoms with Gasteiger partial charge in [0.25, 0.3) is 0 Å². The highest BCUT2D eigenvalue weighted by molar-refractivity contribution is 5.39. The maximum atomic E-state index is 3.47. The molecule has 0 saturated heterocycles. The van der Waals surface area contributed by atoms with Gasteiger partial charge in [-0.3, -0.25) is 4.90 Å². The van der Waals surface area contributed by atoms with Gasteiger partial charge in [-0.2, -0.15) is 0 Å². The standard InChI is InChI=1S/C24H23N/c1-20-13-15-21(16-14-20)17-18-24(23-11-7-4-8-12-23)25(2)19-22-9-5-3-6-10-22/h3-16,24H,19H2,1-2H3. The van der Waals surface area contributed by atoms with Crippen LogP contribution in [-0.4, -0.2) is 11.9 Å². The Bertz CT molecular complexity index is 839. The highest BCUT2D eigenvalue weighted by atomic mass is 15.1. The number of benzene rings is 3. The summed E-state index contributed by atoms with van der Waals surface area (Å²) in [5.41, 5.74) is 4.83. The normalized spacial score (nSPS) is 11.6. The van der Waals surface area contributed by atoms with Gasteiger partial charge >= 0.3 is 0 Å². The van der Waals surface area contributed by atoms with Crippen LogP contribution in [0.1, 0.15) is 28.3 Å². The summed E-state index contributed by atoms with van der Waals surface area (Å²) in [6.07, 6.45) is 0. The van der Waals surface area contributed by atoms with Crippen LogP contribution >= 0.6 is 0 Å². The van der Waals surface area contributed by atoms with E-state index in [1.807, 2.05) is 6.07 Å². The zero-order valence-corrected chi connectivity index (χ0v) is 14.8. The van der Waals surface area contributed by atoms with Gasteiger partial charge in [0.15, 0.2) is 0 Å².